The van der Waals surface area contributed by atoms with Gasteiger partial charge in [-0.25, -0.2) is 23.7 Å². The first-order chi connectivity index (χ1) is 14.0. The predicted molar refractivity (Wildman–Crippen MR) is 102 cm³/mol. The third kappa shape index (κ3) is 3.19. The molecule has 4 rings (SSSR count). The Balaban J connectivity index is 1.88. The van der Waals surface area contributed by atoms with E-state index in [0.29, 0.717) is 17.0 Å². The molecule has 0 saturated carbocycles. The van der Waals surface area contributed by atoms with Crippen molar-refractivity contribution in [3.63, 3.8) is 0 Å². The van der Waals surface area contributed by atoms with Crippen molar-refractivity contribution in [2.75, 3.05) is 11.1 Å². The second-order valence-electron chi connectivity index (χ2n) is 6.23. The minimum atomic E-state index is -0.550. The molecule has 0 amide bonds. The number of benzene rings is 1. The molecule has 0 fully saturated rings. The van der Waals surface area contributed by atoms with Crippen molar-refractivity contribution >= 4 is 22.7 Å². The van der Waals surface area contributed by atoms with Crippen LogP contribution in [0.2, 0.25) is 0 Å². The molecule has 29 heavy (non-hydrogen) atoms. The minimum absolute atomic E-state index is 0.0334. The topological polar surface area (TPSA) is 118 Å². The number of para-hydroxylation sites is 1. The number of hydrogen-bond acceptors (Lipinski definition) is 7. The number of fused-ring (bicyclic) bond motifs is 1. The monoisotopic (exact) mass is 392 g/mol. The van der Waals surface area contributed by atoms with Gasteiger partial charge in [0.15, 0.2) is 5.82 Å². The number of nitrogens with two attached hydrogens (primary N) is 1. The molecule has 3 aromatic heterocycles. The summed E-state index contributed by atoms with van der Waals surface area (Å²) in [6, 6.07) is 7.20. The van der Waals surface area contributed by atoms with E-state index in [4.69, 9.17) is 5.73 Å². The summed E-state index contributed by atoms with van der Waals surface area (Å²) in [5.41, 5.74) is 6.77. The largest absolute Gasteiger partial charge is 0.382 e. The Morgan fingerprint density at radius 2 is 2.07 bits per heavy atom. The average molecular weight is 392 g/mol. The Kier molecular flexibility index (Phi) is 4.48. The van der Waals surface area contributed by atoms with Crippen LogP contribution in [0.3, 0.4) is 0 Å². The Hall–Kier alpha value is -4.13. The average Bonchev–Trinajstić information content (AvgIpc) is 3.09. The molecule has 3 N–H and O–H groups in total. The van der Waals surface area contributed by atoms with Gasteiger partial charge in [0.05, 0.1) is 29.6 Å². The molecule has 1 aromatic carbocycles. The number of pyridine rings is 1. The number of nitriles is 1. The summed E-state index contributed by atoms with van der Waals surface area (Å²) in [5.74, 6) is -0.431. The second-order valence-corrected chi connectivity index (χ2v) is 6.23. The van der Waals surface area contributed by atoms with Gasteiger partial charge in [-0.15, -0.1) is 0 Å². The van der Waals surface area contributed by atoms with Crippen molar-refractivity contribution in [3.05, 3.63) is 66.0 Å². The van der Waals surface area contributed by atoms with E-state index in [-0.39, 0.29) is 22.7 Å². The highest BCUT2D eigenvalue weighted by molar-refractivity contribution is 5.79. The Morgan fingerprint density at radius 3 is 2.83 bits per heavy atom. The fourth-order valence-electron chi connectivity index (χ4n) is 3.06. The standard InChI is InChI=1S/C19H14F2N8/c1-10(27-18-13(6-22)17(23)25-9-26-18)19-28-16-14(21)3-2-4-15(16)29(19)12-5-11(20)7-24-8-12/h2-5,7-10H,1H3,(H3,23,25,26,27). The maximum Gasteiger partial charge on any atom is 0.151 e. The van der Waals surface area contributed by atoms with Crippen LogP contribution in [0.15, 0.2) is 43.0 Å². The van der Waals surface area contributed by atoms with Gasteiger partial charge in [0.1, 0.15) is 46.8 Å². The zero-order chi connectivity index (χ0) is 20.5. The maximum absolute atomic E-state index is 14.4. The summed E-state index contributed by atoms with van der Waals surface area (Å²) >= 11 is 0. The molecule has 0 bridgehead atoms. The number of rotatable bonds is 4. The summed E-state index contributed by atoms with van der Waals surface area (Å²) in [6.45, 7) is 1.75. The van der Waals surface area contributed by atoms with Crippen LogP contribution in [-0.4, -0.2) is 24.5 Å². The molecule has 1 atom stereocenters. The molecule has 0 radical (unpaired) electrons. The van der Waals surface area contributed by atoms with Gasteiger partial charge in [-0.2, -0.15) is 5.26 Å². The van der Waals surface area contributed by atoms with E-state index in [9.17, 15) is 14.0 Å². The van der Waals surface area contributed by atoms with Crippen LogP contribution in [0, 0.1) is 23.0 Å². The predicted octanol–water partition coefficient (Wildman–Crippen LogP) is 3.12. The molecule has 144 valence electrons. The maximum atomic E-state index is 14.4. The lowest BCUT2D eigenvalue weighted by Crippen LogP contribution is -2.15. The van der Waals surface area contributed by atoms with Gasteiger partial charge >= 0.3 is 0 Å². The van der Waals surface area contributed by atoms with E-state index < -0.39 is 17.7 Å². The van der Waals surface area contributed by atoms with Crippen molar-refractivity contribution in [1.82, 2.24) is 24.5 Å². The first-order valence-electron chi connectivity index (χ1n) is 8.54. The quantitative estimate of drug-likeness (QED) is 0.548. The van der Waals surface area contributed by atoms with Gasteiger partial charge in [-0.05, 0) is 19.1 Å². The molecule has 4 aromatic rings. The van der Waals surface area contributed by atoms with E-state index in [1.807, 2.05) is 6.07 Å². The van der Waals surface area contributed by atoms with Crippen molar-refractivity contribution < 1.29 is 8.78 Å². The molecule has 3 heterocycles. The highest BCUT2D eigenvalue weighted by atomic mass is 19.1. The second kappa shape index (κ2) is 7.12. The van der Waals surface area contributed by atoms with Gasteiger partial charge in [0.25, 0.3) is 0 Å². The minimum Gasteiger partial charge on any atom is -0.382 e. The summed E-state index contributed by atoms with van der Waals surface area (Å²) in [5, 5.41) is 12.4. The first-order valence-corrected chi connectivity index (χ1v) is 8.54. The van der Waals surface area contributed by atoms with Crippen LogP contribution < -0.4 is 11.1 Å². The number of nitrogen functional groups attached to an aromatic ring is 1. The van der Waals surface area contributed by atoms with Crippen molar-refractivity contribution in [2.24, 2.45) is 0 Å². The van der Waals surface area contributed by atoms with E-state index in [1.54, 1.807) is 23.6 Å². The SMILES string of the molecule is CC(Nc1ncnc(N)c1C#N)c1nc2c(F)cccc2n1-c1cncc(F)c1. The third-order valence-corrected chi connectivity index (χ3v) is 4.34. The van der Waals surface area contributed by atoms with Gasteiger partial charge in [0.2, 0.25) is 0 Å². The smallest absolute Gasteiger partial charge is 0.151 e. The van der Waals surface area contributed by atoms with Crippen molar-refractivity contribution in [1.29, 1.82) is 5.26 Å². The summed E-state index contributed by atoms with van der Waals surface area (Å²) in [4.78, 5) is 16.1. The van der Waals surface area contributed by atoms with Gasteiger partial charge in [-0.3, -0.25) is 9.55 Å². The molecular formula is C19H14F2N8. The van der Waals surface area contributed by atoms with E-state index in [2.05, 4.69) is 25.3 Å². The lowest BCUT2D eigenvalue weighted by Gasteiger charge is -2.17. The zero-order valence-corrected chi connectivity index (χ0v) is 15.1. The Labute approximate surface area is 163 Å². The van der Waals surface area contributed by atoms with E-state index in [0.717, 1.165) is 6.20 Å². The number of hydrogen-bond donors (Lipinski definition) is 2. The fourth-order valence-corrected chi connectivity index (χ4v) is 3.06. The molecule has 0 aliphatic rings. The molecule has 0 spiro atoms. The van der Waals surface area contributed by atoms with E-state index in [1.165, 1.54) is 24.7 Å². The first kappa shape index (κ1) is 18.2. The lowest BCUT2D eigenvalue weighted by molar-refractivity contribution is 0.619. The van der Waals surface area contributed by atoms with Gasteiger partial charge < -0.3 is 11.1 Å². The summed E-state index contributed by atoms with van der Waals surface area (Å²) in [7, 11) is 0. The molecule has 0 aliphatic heterocycles. The number of nitrogens with one attached hydrogen (secondary N) is 1. The molecule has 0 saturated heterocycles. The molecule has 10 heteroatoms. The number of nitrogens with zero attached hydrogens (tertiary/aromatic N) is 6. The van der Waals surface area contributed by atoms with Crippen molar-refractivity contribution in [3.8, 4) is 11.8 Å². The third-order valence-electron chi connectivity index (χ3n) is 4.34. The van der Waals surface area contributed by atoms with Crippen LogP contribution in [0.25, 0.3) is 16.7 Å². The normalized spacial score (nSPS) is 11.9. The summed E-state index contributed by atoms with van der Waals surface area (Å²) in [6.07, 6.45) is 3.76. The van der Waals surface area contributed by atoms with Crippen LogP contribution in [0.5, 0.6) is 0 Å². The Bertz CT molecular complexity index is 1260. The van der Waals surface area contributed by atoms with Gasteiger partial charge in [0, 0.05) is 6.07 Å². The molecular weight excluding hydrogens is 378 g/mol. The van der Waals surface area contributed by atoms with Crippen LogP contribution >= 0.6 is 0 Å². The van der Waals surface area contributed by atoms with E-state index >= 15 is 0 Å². The zero-order valence-electron chi connectivity index (χ0n) is 15.1. The fraction of sp³-hybridized carbons (Fsp3) is 0.105. The van der Waals surface area contributed by atoms with Crippen LogP contribution in [0.1, 0.15) is 24.4 Å². The molecule has 8 nitrogen and oxygen atoms in total. The van der Waals surface area contributed by atoms with Crippen molar-refractivity contribution in [2.45, 2.75) is 13.0 Å². The summed E-state index contributed by atoms with van der Waals surface area (Å²) < 4.78 is 29.8. The van der Waals surface area contributed by atoms with Crippen LogP contribution in [-0.2, 0) is 0 Å². The molecule has 0 aliphatic carbocycles. The number of aromatic nitrogens is 5. The number of imidazole rings is 1. The number of halogens is 2. The highest BCUT2D eigenvalue weighted by Crippen LogP contribution is 2.29. The van der Waals surface area contributed by atoms with Gasteiger partial charge in [-0.1, -0.05) is 6.07 Å². The molecule has 1 unspecified atom stereocenters. The highest BCUT2D eigenvalue weighted by Gasteiger charge is 2.22. The number of anilines is 2. The van der Waals surface area contributed by atoms with Crippen LogP contribution in [0.4, 0.5) is 20.4 Å². The lowest BCUT2D eigenvalue weighted by atomic mass is 10.2. The Morgan fingerprint density at radius 1 is 1.24 bits per heavy atom.